The molecule has 1 aliphatic carbocycles. The van der Waals surface area contributed by atoms with E-state index in [1.165, 1.54) is 0 Å². The first kappa shape index (κ1) is 18.3. The van der Waals surface area contributed by atoms with E-state index in [0.717, 1.165) is 33.5 Å². The highest BCUT2D eigenvalue weighted by molar-refractivity contribution is 5.98. The maximum absolute atomic E-state index is 13.7. The standard InChI is InChI=1S/C29H25N5O2/c1-3-6-17-7-4-8-20-25(17)23-14-24(33(2)27(20)35)26-32-21-10-9-18(13-22(21)34(23)26)19-15-30-28(31-16-19)29(36)11-5-12-29/h4,7-10,13,15-16,23-24,36H,5,11-12,14H2,1-2H3/t23-,24-/m1/s1/i2D3. The number of benzene rings is 2. The molecule has 178 valence electrons. The molecular formula is C29H25N5O2. The fourth-order valence-corrected chi connectivity index (χ4v) is 5.82. The summed E-state index contributed by atoms with van der Waals surface area (Å²) < 4.78 is 26.7. The average Bonchev–Trinajstić information content (AvgIpc) is 3.39. The fourth-order valence-electron chi connectivity index (χ4n) is 5.82. The van der Waals surface area contributed by atoms with E-state index < -0.39 is 24.5 Å². The smallest absolute Gasteiger partial charge is 0.254 e. The van der Waals surface area contributed by atoms with Gasteiger partial charge in [-0.2, -0.15) is 0 Å². The normalized spacial score (nSPS) is 22.9. The molecule has 2 aromatic carbocycles. The number of carbonyl (C=O) groups is 1. The highest BCUT2D eigenvalue weighted by atomic mass is 16.3. The summed E-state index contributed by atoms with van der Waals surface area (Å²) in [5.74, 6) is 6.54. The van der Waals surface area contributed by atoms with Crippen LogP contribution in [0.2, 0.25) is 0 Å². The molecule has 0 saturated heterocycles. The second kappa shape index (κ2) is 7.49. The van der Waals surface area contributed by atoms with Gasteiger partial charge in [0.1, 0.15) is 11.4 Å². The summed E-state index contributed by atoms with van der Waals surface area (Å²) in [6, 6.07) is 10.1. The van der Waals surface area contributed by atoms with E-state index >= 15 is 0 Å². The Kier molecular flexibility index (Phi) is 3.80. The molecule has 7 nitrogen and oxygen atoms in total. The van der Waals surface area contributed by atoms with Gasteiger partial charge in [0.2, 0.25) is 0 Å². The van der Waals surface area contributed by atoms with Gasteiger partial charge in [0.15, 0.2) is 5.82 Å². The summed E-state index contributed by atoms with van der Waals surface area (Å²) in [7, 11) is 0. The van der Waals surface area contributed by atoms with Gasteiger partial charge in [-0.25, -0.2) is 15.0 Å². The van der Waals surface area contributed by atoms with Crippen LogP contribution in [-0.4, -0.2) is 42.4 Å². The Hall–Kier alpha value is -4.02. The molecular weight excluding hydrogens is 450 g/mol. The van der Waals surface area contributed by atoms with Crippen molar-refractivity contribution in [3.05, 3.63) is 77.1 Å². The van der Waals surface area contributed by atoms with Crippen LogP contribution >= 0.6 is 0 Å². The lowest BCUT2D eigenvalue weighted by molar-refractivity contribution is -0.0467. The highest BCUT2D eigenvalue weighted by Gasteiger charge is 2.44. The summed E-state index contributed by atoms with van der Waals surface area (Å²) in [6.45, 7) is -0.895. The molecule has 1 amide bonds. The molecule has 3 aliphatic rings. The van der Waals surface area contributed by atoms with Crippen LogP contribution in [0.25, 0.3) is 22.2 Å². The van der Waals surface area contributed by atoms with Crippen molar-refractivity contribution in [1.82, 2.24) is 24.4 Å². The molecule has 2 aromatic heterocycles. The zero-order valence-electron chi connectivity index (χ0n) is 22.7. The van der Waals surface area contributed by atoms with E-state index in [2.05, 4.69) is 26.4 Å². The summed E-state index contributed by atoms with van der Waals surface area (Å²) in [5, 5.41) is 10.6. The number of aromatic nitrogens is 4. The summed E-state index contributed by atoms with van der Waals surface area (Å²) in [5.41, 5.74) is 4.11. The minimum Gasteiger partial charge on any atom is -0.382 e. The van der Waals surface area contributed by atoms with Gasteiger partial charge in [-0.05, 0) is 56.0 Å². The lowest BCUT2D eigenvalue weighted by Gasteiger charge is -2.34. The Morgan fingerprint density at radius 2 is 1.97 bits per heavy atom. The number of fused-ring (bicyclic) bond motifs is 9. The first-order valence-corrected chi connectivity index (χ1v) is 12.2. The molecule has 2 aliphatic heterocycles. The predicted octanol–water partition coefficient (Wildman–Crippen LogP) is 4.36. The molecule has 7 rings (SSSR count). The topological polar surface area (TPSA) is 84.1 Å². The minimum atomic E-state index is -2.64. The summed E-state index contributed by atoms with van der Waals surface area (Å²) >= 11 is 0. The van der Waals surface area contributed by atoms with Crippen molar-refractivity contribution in [2.45, 2.75) is 50.3 Å². The molecule has 1 saturated carbocycles. The first-order chi connectivity index (χ1) is 18.7. The number of rotatable bonds is 2. The molecule has 36 heavy (non-hydrogen) atoms. The van der Waals surface area contributed by atoms with Gasteiger partial charge in [-0.3, -0.25) is 4.79 Å². The van der Waals surface area contributed by atoms with Gasteiger partial charge in [0.25, 0.3) is 5.91 Å². The zero-order chi connectivity index (χ0) is 27.1. The van der Waals surface area contributed by atoms with E-state index in [4.69, 9.17) is 9.10 Å². The zero-order valence-corrected chi connectivity index (χ0v) is 19.7. The number of imidazole rings is 1. The average molecular weight is 479 g/mol. The Labute approximate surface area is 213 Å². The molecule has 4 heterocycles. The van der Waals surface area contributed by atoms with Crippen molar-refractivity contribution in [3.8, 4) is 23.0 Å². The van der Waals surface area contributed by atoms with E-state index in [9.17, 15) is 9.90 Å². The fraction of sp³-hybridized carbons (Fsp3) is 0.310. The van der Waals surface area contributed by atoms with Crippen LogP contribution in [0.15, 0.2) is 48.8 Å². The Balaban J connectivity index is 1.41. The van der Waals surface area contributed by atoms with Crippen molar-refractivity contribution < 1.29 is 14.0 Å². The van der Waals surface area contributed by atoms with Crippen molar-refractivity contribution in [2.75, 3.05) is 6.98 Å². The molecule has 2 atom stereocenters. The minimum absolute atomic E-state index is 0.305. The van der Waals surface area contributed by atoms with Crippen LogP contribution in [-0.2, 0) is 5.60 Å². The van der Waals surface area contributed by atoms with Gasteiger partial charge >= 0.3 is 0 Å². The third-order valence-corrected chi connectivity index (χ3v) is 7.82. The molecule has 2 bridgehead atoms. The van der Waals surface area contributed by atoms with Crippen molar-refractivity contribution in [3.63, 3.8) is 0 Å². The predicted molar refractivity (Wildman–Crippen MR) is 135 cm³/mol. The van der Waals surface area contributed by atoms with Crippen LogP contribution in [0.1, 0.15) is 81.9 Å². The van der Waals surface area contributed by atoms with Gasteiger partial charge in [0, 0.05) is 52.2 Å². The van der Waals surface area contributed by atoms with E-state index in [0.29, 0.717) is 47.6 Å². The van der Waals surface area contributed by atoms with Crippen LogP contribution in [0, 0.1) is 11.8 Å². The Bertz CT molecular complexity index is 1730. The SMILES string of the molecule is [2H]C([2H])([2H])N1C(=O)c2cccc(C#CC)c2[C@H]2C[C@@H]1c1nc3ccc(-c4cnc(C5(O)CCC5)nc4)cc3n12. The second-order valence-electron chi connectivity index (χ2n) is 9.81. The number of amides is 1. The lowest BCUT2D eigenvalue weighted by atomic mass is 9.79. The number of hydrogen-bond donors (Lipinski definition) is 1. The number of hydrogen-bond acceptors (Lipinski definition) is 5. The number of carbonyl (C=O) groups excluding carboxylic acids is 1. The molecule has 4 aromatic rings. The second-order valence-corrected chi connectivity index (χ2v) is 9.81. The monoisotopic (exact) mass is 478 g/mol. The van der Waals surface area contributed by atoms with Crippen molar-refractivity contribution >= 4 is 16.9 Å². The van der Waals surface area contributed by atoms with Crippen molar-refractivity contribution in [1.29, 1.82) is 0 Å². The van der Waals surface area contributed by atoms with Crippen LogP contribution in [0.3, 0.4) is 0 Å². The van der Waals surface area contributed by atoms with Gasteiger partial charge in [-0.1, -0.05) is 18.1 Å². The molecule has 0 radical (unpaired) electrons. The molecule has 0 spiro atoms. The van der Waals surface area contributed by atoms with Crippen molar-refractivity contribution in [2.24, 2.45) is 0 Å². The first-order valence-electron chi connectivity index (χ1n) is 13.7. The maximum Gasteiger partial charge on any atom is 0.254 e. The van der Waals surface area contributed by atoms with Gasteiger partial charge in [0.05, 0.1) is 23.1 Å². The van der Waals surface area contributed by atoms with Crippen LogP contribution in [0.5, 0.6) is 0 Å². The highest BCUT2D eigenvalue weighted by Crippen LogP contribution is 2.48. The molecule has 1 N–H and O–H groups in total. The maximum atomic E-state index is 13.7. The van der Waals surface area contributed by atoms with E-state index in [1.807, 2.05) is 24.3 Å². The molecule has 0 unspecified atom stereocenters. The number of nitrogens with zero attached hydrogens (tertiary/aromatic N) is 5. The van der Waals surface area contributed by atoms with Gasteiger partial charge in [-0.15, -0.1) is 5.92 Å². The van der Waals surface area contributed by atoms with E-state index in [-0.39, 0.29) is 6.04 Å². The van der Waals surface area contributed by atoms with Crippen LogP contribution in [0.4, 0.5) is 0 Å². The third-order valence-electron chi connectivity index (χ3n) is 7.82. The largest absolute Gasteiger partial charge is 0.382 e. The summed E-state index contributed by atoms with van der Waals surface area (Å²) in [6.07, 6.45) is 6.16. The van der Waals surface area contributed by atoms with Crippen LogP contribution < -0.4 is 0 Å². The molecule has 1 fully saturated rings. The lowest BCUT2D eigenvalue weighted by Crippen LogP contribution is -2.35. The van der Waals surface area contributed by atoms with E-state index in [1.54, 1.807) is 31.5 Å². The summed E-state index contributed by atoms with van der Waals surface area (Å²) in [4.78, 5) is 28.4. The molecule has 7 heteroatoms. The third kappa shape index (κ3) is 2.85. The Morgan fingerprint density at radius 3 is 2.69 bits per heavy atom. The number of aliphatic hydroxyl groups is 1. The van der Waals surface area contributed by atoms with Gasteiger partial charge < -0.3 is 14.6 Å². The Morgan fingerprint density at radius 1 is 1.14 bits per heavy atom. The quantitative estimate of drug-likeness (QED) is 0.433.